The molecule has 0 unspecified atom stereocenters. The van der Waals surface area contributed by atoms with E-state index in [1.54, 1.807) is 0 Å². The van der Waals surface area contributed by atoms with E-state index >= 15 is 0 Å². The molecule has 1 saturated heterocycles. The SMILES string of the molecule is C=CC(=O)N[C@@H]1CNC[C@H](C#C[Si](C(C)C)(C(C)C)C(C)C)C1. The lowest BCUT2D eigenvalue weighted by Gasteiger charge is -2.38. The Hall–Kier alpha value is -1.05. The van der Waals surface area contributed by atoms with Crippen LogP contribution in [0.1, 0.15) is 48.0 Å². The third kappa shape index (κ3) is 4.96. The van der Waals surface area contributed by atoms with E-state index < -0.39 is 8.07 Å². The first kappa shape index (κ1) is 20.0. The van der Waals surface area contributed by atoms with Crippen molar-refractivity contribution >= 4 is 14.0 Å². The molecule has 0 spiro atoms. The van der Waals surface area contributed by atoms with Crippen molar-refractivity contribution in [3.63, 3.8) is 0 Å². The number of carbonyl (C=O) groups is 1. The summed E-state index contributed by atoms with van der Waals surface area (Å²) in [6, 6.07) is 0.154. The van der Waals surface area contributed by atoms with Crippen LogP contribution in [0, 0.1) is 17.4 Å². The predicted molar refractivity (Wildman–Crippen MR) is 102 cm³/mol. The highest BCUT2D eigenvalue weighted by Crippen LogP contribution is 2.40. The molecular weight excluding hydrogens is 300 g/mol. The Morgan fingerprint density at radius 3 is 2.22 bits per heavy atom. The van der Waals surface area contributed by atoms with Crippen molar-refractivity contribution in [2.45, 2.75) is 70.6 Å². The van der Waals surface area contributed by atoms with Crippen LogP contribution in [-0.4, -0.2) is 33.1 Å². The first-order valence-corrected chi connectivity index (χ1v) is 11.1. The fourth-order valence-electron chi connectivity index (χ4n) is 4.08. The second kappa shape index (κ2) is 8.70. The van der Waals surface area contributed by atoms with Crippen LogP contribution in [0.25, 0.3) is 0 Å². The summed E-state index contributed by atoms with van der Waals surface area (Å²) in [5, 5.41) is 6.39. The van der Waals surface area contributed by atoms with E-state index in [1.807, 2.05) is 0 Å². The van der Waals surface area contributed by atoms with Crippen LogP contribution in [0.15, 0.2) is 12.7 Å². The molecule has 0 aromatic carbocycles. The second-order valence-corrected chi connectivity index (χ2v) is 13.2. The van der Waals surface area contributed by atoms with Gasteiger partial charge in [0.2, 0.25) is 5.91 Å². The number of amides is 1. The molecular formula is C19H34N2OSi. The number of piperidine rings is 1. The number of nitrogens with one attached hydrogen (secondary N) is 2. The highest BCUT2D eigenvalue weighted by atomic mass is 28.3. The molecule has 1 aliphatic rings. The Balaban J connectivity index is 2.90. The Kier molecular flexibility index (Phi) is 7.56. The van der Waals surface area contributed by atoms with Crippen molar-refractivity contribution in [3.05, 3.63) is 12.7 Å². The van der Waals surface area contributed by atoms with Crippen molar-refractivity contribution < 1.29 is 4.79 Å². The van der Waals surface area contributed by atoms with Crippen molar-refractivity contribution in [3.8, 4) is 11.5 Å². The van der Waals surface area contributed by atoms with Crippen molar-refractivity contribution in [1.29, 1.82) is 0 Å². The second-order valence-electron chi connectivity index (χ2n) is 7.67. The molecule has 0 bridgehead atoms. The minimum absolute atomic E-state index is 0.0966. The Morgan fingerprint density at radius 1 is 1.17 bits per heavy atom. The highest BCUT2D eigenvalue weighted by molar-refractivity contribution is 6.90. The number of hydrogen-bond donors (Lipinski definition) is 2. The molecule has 1 fully saturated rings. The monoisotopic (exact) mass is 334 g/mol. The number of carbonyl (C=O) groups excluding carboxylic acids is 1. The Morgan fingerprint density at radius 2 is 1.74 bits per heavy atom. The van der Waals surface area contributed by atoms with E-state index in [1.165, 1.54) is 6.08 Å². The van der Waals surface area contributed by atoms with Crippen LogP contribution in [-0.2, 0) is 4.79 Å². The summed E-state index contributed by atoms with van der Waals surface area (Å²) in [5.74, 6) is 3.82. The van der Waals surface area contributed by atoms with Crippen molar-refractivity contribution in [2.75, 3.05) is 13.1 Å². The molecule has 130 valence electrons. The minimum Gasteiger partial charge on any atom is -0.349 e. The van der Waals surface area contributed by atoms with Crippen LogP contribution in [0.3, 0.4) is 0 Å². The van der Waals surface area contributed by atoms with Crippen molar-refractivity contribution in [1.82, 2.24) is 10.6 Å². The van der Waals surface area contributed by atoms with Crippen LogP contribution >= 0.6 is 0 Å². The molecule has 0 aliphatic carbocycles. The fourth-order valence-corrected chi connectivity index (χ4v) is 9.40. The molecule has 2 N–H and O–H groups in total. The summed E-state index contributed by atoms with van der Waals surface area (Å²) in [5.41, 5.74) is 5.77. The maximum absolute atomic E-state index is 11.5. The molecule has 1 amide bonds. The van der Waals surface area contributed by atoms with E-state index in [2.05, 4.69) is 70.2 Å². The molecule has 0 aromatic heterocycles. The van der Waals surface area contributed by atoms with Gasteiger partial charge in [-0.2, -0.15) is 0 Å². The van der Waals surface area contributed by atoms with Crippen LogP contribution < -0.4 is 10.6 Å². The quantitative estimate of drug-likeness (QED) is 0.459. The molecule has 1 heterocycles. The average Bonchev–Trinajstić information content (AvgIpc) is 2.47. The first-order chi connectivity index (χ1) is 10.7. The Bertz CT molecular complexity index is 452. The smallest absolute Gasteiger partial charge is 0.243 e. The third-order valence-corrected chi connectivity index (χ3v) is 11.6. The molecule has 23 heavy (non-hydrogen) atoms. The van der Waals surface area contributed by atoms with Gasteiger partial charge < -0.3 is 10.6 Å². The van der Waals surface area contributed by atoms with Gasteiger partial charge in [0.25, 0.3) is 0 Å². The van der Waals surface area contributed by atoms with E-state index in [0.29, 0.717) is 22.5 Å². The van der Waals surface area contributed by atoms with Gasteiger partial charge in [-0.25, -0.2) is 0 Å². The number of hydrogen-bond acceptors (Lipinski definition) is 2. The fraction of sp³-hybridized carbons (Fsp3) is 0.737. The summed E-state index contributed by atoms with van der Waals surface area (Å²) in [7, 11) is -1.66. The summed E-state index contributed by atoms with van der Waals surface area (Å²) >= 11 is 0. The standard InChI is InChI=1S/C19H34N2OSi/c1-8-19(22)21-18-11-17(12-20-13-18)9-10-23(14(2)3,15(4)5)16(6)7/h8,14-18,20H,1,11-13H2,2-7H3,(H,21,22)/t17-,18+/m1/s1. The lowest BCUT2D eigenvalue weighted by atomic mass is 9.96. The zero-order valence-corrected chi connectivity index (χ0v) is 16.7. The van der Waals surface area contributed by atoms with Gasteiger partial charge in [-0.1, -0.05) is 48.1 Å². The van der Waals surface area contributed by atoms with Crippen LogP contribution in [0.4, 0.5) is 0 Å². The maximum atomic E-state index is 11.5. The molecule has 0 aromatic rings. The minimum atomic E-state index is -1.66. The highest BCUT2D eigenvalue weighted by Gasteiger charge is 2.41. The van der Waals surface area contributed by atoms with Gasteiger partial charge in [-0.05, 0) is 29.1 Å². The summed E-state index contributed by atoms with van der Waals surface area (Å²) in [6.45, 7) is 19.3. The summed E-state index contributed by atoms with van der Waals surface area (Å²) in [6.07, 6.45) is 2.27. The van der Waals surface area contributed by atoms with Crippen LogP contribution in [0.5, 0.6) is 0 Å². The molecule has 1 rings (SSSR count). The van der Waals surface area contributed by atoms with E-state index in [9.17, 15) is 4.79 Å². The van der Waals surface area contributed by atoms with Gasteiger partial charge in [0.1, 0.15) is 8.07 Å². The van der Waals surface area contributed by atoms with Gasteiger partial charge in [0, 0.05) is 25.0 Å². The first-order valence-electron chi connectivity index (χ1n) is 8.90. The molecule has 4 heteroatoms. The van der Waals surface area contributed by atoms with E-state index in [0.717, 1.165) is 19.5 Å². The summed E-state index contributed by atoms with van der Waals surface area (Å²) < 4.78 is 0. The zero-order chi connectivity index (χ0) is 17.6. The van der Waals surface area contributed by atoms with Gasteiger partial charge in [0.05, 0.1) is 0 Å². The van der Waals surface area contributed by atoms with Gasteiger partial charge in [-0.15, -0.1) is 11.5 Å². The molecule has 2 atom stereocenters. The largest absolute Gasteiger partial charge is 0.349 e. The lowest BCUT2D eigenvalue weighted by Crippen LogP contribution is -2.48. The van der Waals surface area contributed by atoms with Gasteiger partial charge >= 0.3 is 0 Å². The normalized spacial score (nSPS) is 22.0. The Labute approximate surface area is 143 Å². The van der Waals surface area contributed by atoms with E-state index in [4.69, 9.17) is 0 Å². The molecule has 3 nitrogen and oxygen atoms in total. The average molecular weight is 335 g/mol. The lowest BCUT2D eigenvalue weighted by molar-refractivity contribution is -0.117. The third-order valence-electron chi connectivity index (χ3n) is 5.24. The topological polar surface area (TPSA) is 41.1 Å². The van der Waals surface area contributed by atoms with E-state index in [-0.39, 0.29) is 11.9 Å². The van der Waals surface area contributed by atoms with Gasteiger partial charge in [-0.3, -0.25) is 4.79 Å². The van der Waals surface area contributed by atoms with Crippen molar-refractivity contribution in [2.24, 2.45) is 5.92 Å². The maximum Gasteiger partial charge on any atom is 0.243 e. The molecule has 0 radical (unpaired) electrons. The zero-order valence-electron chi connectivity index (χ0n) is 15.7. The summed E-state index contributed by atoms with van der Waals surface area (Å²) in [4.78, 5) is 11.5. The molecule has 1 aliphatic heterocycles. The van der Waals surface area contributed by atoms with Gasteiger partial charge in [0.15, 0.2) is 0 Å². The predicted octanol–water partition coefficient (Wildman–Crippen LogP) is 3.49. The van der Waals surface area contributed by atoms with Crippen LogP contribution in [0.2, 0.25) is 16.6 Å². The number of rotatable bonds is 5. The molecule has 0 saturated carbocycles.